The molecule has 0 amide bonds. The molecule has 0 radical (unpaired) electrons. The molecular formula is C19H23NO. The summed E-state index contributed by atoms with van der Waals surface area (Å²) in [6, 6.07) is 17.7. The summed E-state index contributed by atoms with van der Waals surface area (Å²) in [6.45, 7) is 3.19. The first-order valence-electron chi connectivity index (χ1n) is 7.73. The van der Waals surface area contributed by atoms with Crippen LogP contribution in [-0.2, 0) is 13.2 Å². The lowest BCUT2D eigenvalue weighted by atomic mass is 9.75. The van der Waals surface area contributed by atoms with Crippen LogP contribution in [0.4, 0.5) is 0 Å². The molecule has 0 bridgehead atoms. The van der Waals surface area contributed by atoms with E-state index in [9.17, 15) is 0 Å². The van der Waals surface area contributed by atoms with Crippen LogP contribution in [0.5, 0.6) is 0 Å². The van der Waals surface area contributed by atoms with E-state index < -0.39 is 0 Å². The molecule has 0 aliphatic heterocycles. The summed E-state index contributed by atoms with van der Waals surface area (Å²) in [4.78, 5) is 0. The highest BCUT2D eigenvalue weighted by Crippen LogP contribution is 2.37. The molecule has 2 nitrogen and oxygen atoms in total. The molecule has 0 saturated heterocycles. The Morgan fingerprint density at radius 1 is 1.05 bits per heavy atom. The van der Waals surface area contributed by atoms with Crippen LogP contribution in [0.2, 0.25) is 0 Å². The Kier molecular flexibility index (Phi) is 4.37. The number of aryl methyl sites for hydroxylation is 1. The maximum atomic E-state index is 9.04. The number of aliphatic hydroxyl groups excluding tert-OH is 1. The lowest BCUT2D eigenvalue weighted by Crippen LogP contribution is -2.39. The molecule has 2 aromatic carbocycles. The van der Waals surface area contributed by atoms with Gasteiger partial charge in [-0.1, -0.05) is 54.1 Å². The number of aliphatic hydroxyl groups is 1. The minimum Gasteiger partial charge on any atom is -0.392 e. The van der Waals surface area contributed by atoms with Gasteiger partial charge in [0.25, 0.3) is 0 Å². The first-order chi connectivity index (χ1) is 10.2. The zero-order valence-corrected chi connectivity index (χ0v) is 12.5. The Morgan fingerprint density at radius 3 is 2.43 bits per heavy atom. The van der Waals surface area contributed by atoms with Crippen LogP contribution in [0.1, 0.15) is 41.0 Å². The van der Waals surface area contributed by atoms with Gasteiger partial charge in [-0.2, -0.15) is 0 Å². The monoisotopic (exact) mass is 281 g/mol. The molecule has 0 unspecified atom stereocenters. The number of nitrogens with one attached hydrogen (secondary N) is 1. The molecule has 2 heteroatoms. The number of hydrogen-bond donors (Lipinski definition) is 2. The van der Waals surface area contributed by atoms with Crippen molar-refractivity contribution in [2.75, 3.05) is 0 Å². The predicted octanol–water partition coefficient (Wildman–Crippen LogP) is 3.52. The maximum absolute atomic E-state index is 9.04. The van der Waals surface area contributed by atoms with Crippen molar-refractivity contribution in [3.63, 3.8) is 0 Å². The van der Waals surface area contributed by atoms with Crippen LogP contribution in [-0.4, -0.2) is 11.1 Å². The Bertz CT molecular complexity index is 585. The van der Waals surface area contributed by atoms with E-state index in [0.717, 1.165) is 18.0 Å². The Morgan fingerprint density at radius 2 is 1.76 bits per heavy atom. The van der Waals surface area contributed by atoms with Gasteiger partial charge in [-0.25, -0.2) is 0 Å². The summed E-state index contributed by atoms with van der Waals surface area (Å²) in [5.74, 6) is 0.721. The van der Waals surface area contributed by atoms with Crippen LogP contribution in [0.25, 0.3) is 0 Å². The van der Waals surface area contributed by atoms with Gasteiger partial charge < -0.3 is 10.4 Å². The molecular weight excluding hydrogens is 258 g/mol. The van der Waals surface area contributed by atoms with Crippen molar-refractivity contribution in [3.8, 4) is 0 Å². The fourth-order valence-electron chi connectivity index (χ4n) is 3.01. The van der Waals surface area contributed by atoms with Gasteiger partial charge >= 0.3 is 0 Å². The molecule has 1 aliphatic rings. The summed E-state index contributed by atoms with van der Waals surface area (Å²) in [5, 5.41) is 12.7. The Labute approximate surface area is 126 Å². The molecule has 110 valence electrons. The van der Waals surface area contributed by atoms with Crippen LogP contribution in [0.15, 0.2) is 48.5 Å². The highest BCUT2D eigenvalue weighted by atomic mass is 16.3. The smallest absolute Gasteiger partial charge is 0.0681 e. The van der Waals surface area contributed by atoms with Gasteiger partial charge in [-0.3, -0.25) is 0 Å². The minimum absolute atomic E-state index is 0.120. The van der Waals surface area contributed by atoms with Crippen molar-refractivity contribution in [2.24, 2.45) is 0 Å². The first kappa shape index (κ1) is 14.3. The van der Waals surface area contributed by atoms with E-state index in [-0.39, 0.29) is 6.61 Å². The van der Waals surface area contributed by atoms with Crippen LogP contribution in [0, 0.1) is 6.92 Å². The van der Waals surface area contributed by atoms with E-state index in [1.165, 1.54) is 29.5 Å². The molecule has 2 aromatic rings. The van der Waals surface area contributed by atoms with Crippen molar-refractivity contribution >= 4 is 0 Å². The molecule has 1 fully saturated rings. The second kappa shape index (κ2) is 6.42. The number of hydrogen-bond acceptors (Lipinski definition) is 2. The van der Waals surface area contributed by atoms with Crippen molar-refractivity contribution in [3.05, 3.63) is 70.8 Å². The van der Waals surface area contributed by atoms with E-state index in [4.69, 9.17) is 5.11 Å². The van der Waals surface area contributed by atoms with E-state index in [2.05, 4.69) is 48.6 Å². The normalized spacial score (nSPS) is 21.0. The highest BCUT2D eigenvalue weighted by Gasteiger charge is 2.29. The number of benzene rings is 2. The van der Waals surface area contributed by atoms with Crippen molar-refractivity contribution < 1.29 is 5.11 Å². The van der Waals surface area contributed by atoms with Gasteiger partial charge in [0.15, 0.2) is 0 Å². The van der Waals surface area contributed by atoms with Gasteiger partial charge in [-0.05, 0) is 42.4 Å². The first-order valence-corrected chi connectivity index (χ1v) is 7.73. The molecule has 21 heavy (non-hydrogen) atoms. The lowest BCUT2D eigenvalue weighted by molar-refractivity contribution is 0.281. The predicted molar refractivity (Wildman–Crippen MR) is 86.1 cm³/mol. The summed E-state index contributed by atoms with van der Waals surface area (Å²) in [5.41, 5.74) is 5.10. The van der Waals surface area contributed by atoms with Gasteiger partial charge in [-0.15, -0.1) is 0 Å². The van der Waals surface area contributed by atoms with Crippen molar-refractivity contribution in [1.29, 1.82) is 0 Å². The molecule has 0 heterocycles. The molecule has 0 atom stereocenters. The van der Waals surface area contributed by atoms with Gasteiger partial charge in [0.2, 0.25) is 0 Å². The SMILES string of the molecule is Cc1cccc(C2CC(NCc3ccc(CO)cc3)C2)c1. The zero-order valence-electron chi connectivity index (χ0n) is 12.5. The van der Waals surface area contributed by atoms with Gasteiger partial charge in [0.1, 0.15) is 0 Å². The second-order valence-electron chi connectivity index (χ2n) is 6.13. The fourth-order valence-corrected chi connectivity index (χ4v) is 3.01. The van der Waals surface area contributed by atoms with Crippen molar-refractivity contribution in [2.45, 2.75) is 44.9 Å². The Balaban J connectivity index is 1.46. The second-order valence-corrected chi connectivity index (χ2v) is 6.13. The van der Waals surface area contributed by atoms with Crippen LogP contribution in [0.3, 0.4) is 0 Å². The zero-order chi connectivity index (χ0) is 14.7. The molecule has 0 aromatic heterocycles. The topological polar surface area (TPSA) is 32.3 Å². The van der Waals surface area contributed by atoms with Gasteiger partial charge in [0, 0.05) is 12.6 Å². The lowest BCUT2D eigenvalue weighted by Gasteiger charge is -2.36. The summed E-state index contributed by atoms with van der Waals surface area (Å²) in [7, 11) is 0. The van der Waals surface area contributed by atoms with Gasteiger partial charge in [0.05, 0.1) is 6.61 Å². The quantitative estimate of drug-likeness (QED) is 0.879. The third-order valence-corrected chi connectivity index (χ3v) is 4.45. The largest absolute Gasteiger partial charge is 0.392 e. The summed E-state index contributed by atoms with van der Waals surface area (Å²) in [6.07, 6.45) is 2.47. The summed E-state index contributed by atoms with van der Waals surface area (Å²) >= 11 is 0. The molecule has 0 spiro atoms. The average molecular weight is 281 g/mol. The summed E-state index contributed by atoms with van der Waals surface area (Å²) < 4.78 is 0. The molecule has 3 rings (SSSR count). The fraction of sp³-hybridized carbons (Fsp3) is 0.368. The minimum atomic E-state index is 0.120. The number of rotatable bonds is 5. The third kappa shape index (κ3) is 3.52. The molecule has 2 N–H and O–H groups in total. The third-order valence-electron chi connectivity index (χ3n) is 4.45. The maximum Gasteiger partial charge on any atom is 0.0681 e. The molecule has 1 saturated carbocycles. The van der Waals surface area contributed by atoms with Crippen LogP contribution >= 0.6 is 0 Å². The van der Waals surface area contributed by atoms with E-state index in [1.807, 2.05) is 12.1 Å². The van der Waals surface area contributed by atoms with E-state index >= 15 is 0 Å². The molecule has 1 aliphatic carbocycles. The highest BCUT2D eigenvalue weighted by molar-refractivity contribution is 5.28. The average Bonchev–Trinajstić information content (AvgIpc) is 2.46. The standard InChI is InChI=1S/C19H23NO/c1-14-3-2-4-17(9-14)18-10-19(11-18)20-12-15-5-7-16(13-21)8-6-15/h2-9,18-21H,10-13H2,1H3. The van der Waals surface area contributed by atoms with Crippen LogP contribution < -0.4 is 5.32 Å². The Hall–Kier alpha value is -1.64. The van der Waals surface area contributed by atoms with E-state index in [1.54, 1.807) is 0 Å². The van der Waals surface area contributed by atoms with Crippen molar-refractivity contribution in [1.82, 2.24) is 5.32 Å². The van der Waals surface area contributed by atoms with E-state index in [0.29, 0.717) is 6.04 Å².